The molecular weight excluding hydrogens is 160 g/mol. The largest absolute Gasteiger partial charge is 0.356 e. The Bertz CT molecular complexity index is 279. The summed E-state index contributed by atoms with van der Waals surface area (Å²) in [6.45, 7) is 6.70. The predicted molar refractivity (Wildman–Crippen MR) is 55.0 cm³/mol. The second kappa shape index (κ2) is 3.36. The zero-order valence-electron chi connectivity index (χ0n) is 8.33. The Morgan fingerprint density at radius 1 is 1.46 bits per heavy atom. The monoisotopic (exact) mass is 176 g/mol. The first-order chi connectivity index (χ1) is 6.25. The highest BCUT2D eigenvalue weighted by Crippen LogP contribution is 2.21. The molecule has 0 amide bonds. The smallest absolute Gasteiger partial charge is 0.128 e. The van der Waals surface area contributed by atoms with Crippen molar-refractivity contribution in [3.05, 3.63) is 23.9 Å². The zero-order chi connectivity index (χ0) is 9.26. The van der Waals surface area contributed by atoms with Gasteiger partial charge in [-0.1, -0.05) is 13.0 Å². The van der Waals surface area contributed by atoms with Crippen molar-refractivity contribution >= 4 is 5.82 Å². The van der Waals surface area contributed by atoms with E-state index in [9.17, 15) is 0 Å². The van der Waals surface area contributed by atoms with E-state index >= 15 is 0 Å². The number of aryl methyl sites for hydroxylation is 1. The van der Waals surface area contributed by atoms with Crippen molar-refractivity contribution in [1.82, 2.24) is 4.98 Å². The average Bonchev–Trinajstić information content (AvgIpc) is 2.53. The quantitative estimate of drug-likeness (QED) is 0.652. The molecule has 0 N–H and O–H groups in total. The van der Waals surface area contributed by atoms with Crippen molar-refractivity contribution in [2.45, 2.75) is 20.3 Å². The van der Waals surface area contributed by atoms with Crippen molar-refractivity contribution in [2.24, 2.45) is 5.92 Å². The Labute approximate surface area is 79.6 Å². The van der Waals surface area contributed by atoms with Gasteiger partial charge in [-0.3, -0.25) is 0 Å². The lowest BCUT2D eigenvalue weighted by molar-refractivity contribution is 0.659. The molecule has 1 fully saturated rings. The van der Waals surface area contributed by atoms with Gasteiger partial charge in [0.25, 0.3) is 0 Å². The van der Waals surface area contributed by atoms with Gasteiger partial charge in [-0.05, 0) is 30.9 Å². The van der Waals surface area contributed by atoms with Crippen LogP contribution in [0.15, 0.2) is 18.3 Å². The van der Waals surface area contributed by atoms with Crippen LogP contribution >= 0.6 is 0 Å². The summed E-state index contributed by atoms with van der Waals surface area (Å²) < 4.78 is 0. The van der Waals surface area contributed by atoms with Gasteiger partial charge >= 0.3 is 0 Å². The number of nitrogens with zero attached hydrogens (tertiary/aromatic N) is 2. The van der Waals surface area contributed by atoms with Crippen LogP contribution in [0.4, 0.5) is 5.82 Å². The van der Waals surface area contributed by atoms with E-state index in [0.717, 1.165) is 24.8 Å². The first kappa shape index (κ1) is 8.54. The molecule has 1 aromatic rings. The van der Waals surface area contributed by atoms with Crippen molar-refractivity contribution in [2.75, 3.05) is 18.0 Å². The Balaban J connectivity index is 2.13. The number of pyridine rings is 1. The van der Waals surface area contributed by atoms with E-state index in [2.05, 4.69) is 35.9 Å². The van der Waals surface area contributed by atoms with E-state index < -0.39 is 0 Å². The molecule has 0 radical (unpaired) electrons. The molecule has 0 spiro atoms. The fourth-order valence-electron chi connectivity index (χ4n) is 1.79. The Kier molecular flexibility index (Phi) is 2.21. The molecule has 70 valence electrons. The number of anilines is 1. The molecule has 1 aliphatic rings. The molecule has 1 atom stereocenters. The zero-order valence-corrected chi connectivity index (χ0v) is 8.33. The van der Waals surface area contributed by atoms with Crippen molar-refractivity contribution in [3.8, 4) is 0 Å². The van der Waals surface area contributed by atoms with E-state index in [4.69, 9.17) is 0 Å². The summed E-state index contributed by atoms with van der Waals surface area (Å²) in [5.74, 6) is 1.96. The summed E-state index contributed by atoms with van der Waals surface area (Å²) in [7, 11) is 0. The van der Waals surface area contributed by atoms with Gasteiger partial charge in [-0.15, -0.1) is 0 Å². The van der Waals surface area contributed by atoms with Gasteiger partial charge in [-0.25, -0.2) is 4.98 Å². The lowest BCUT2D eigenvalue weighted by Crippen LogP contribution is -2.19. The van der Waals surface area contributed by atoms with Crippen LogP contribution in [-0.4, -0.2) is 18.1 Å². The van der Waals surface area contributed by atoms with Gasteiger partial charge in [0.2, 0.25) is 0 Å². The van der Waals surface area contributed by atoms with Gasteiger partial charge in [0.15, 0.2) is 0 Å². The second-order valence-corrected chi connectivity index (χ2v) is 4.03. The van der Waals surface area contributed by atoms with E-state index in [1.807, 2.05) is 6.20 Å². The fraction of sp³-hybridized carbons (Fsp3) is 0.545. The third-order valence-electron chi connectivity index (χ3n) is 2.64. The van der Waals surface area contributed by atoms with Crippen LogP contribution in [-0.2, 0) is 0 Å². The average molecular weight is 176 g/mol. The molecule has 0 aromatic carbocycles. The molecule has 0 aliphatic carbocycles. The maximum atomic E-state index is 4.42. The van der Waals surface area contributed by atoms with Crippen LogP contribution in [0.5, 0.6) is 0 Å². The molecule has 0 unspecified atom stereocenters. The molecular formula is C11H16N2. The molecule has 1 saturated heterocycles. The minimum atomic E-state index is 0.822. The van der Waals surface area contributed by atoms with Crippen LogP contribution in [0.25, 0.3) is 0 Å². The highest BCUT2D eigenvalue weighted by atomic mass is 15.2. The first-order valence-corrected chi connectivity index (χ1v) is 4.93. The Morgan fingerprint density at radius 2 is 2.31 bits per heavy atom. The highest BCUT2D eigenvalue weighted by Gasteiger charge is 2.19. The summed E-state index contributed by atoms with van der Waals surface area (Å²) in [5.41, 5.74) is 1.23. The van der Waals surface area contributed by atoms with Gasteiger partial charge in [0.05, 0.1) is 0 Å². The summed E-state index contributed by atoms with van der Waals surface area (Å²) in [5, 5.41) is 0. The van der Waals surface area contributed by atoms with Gasteiger partial charge in [0, 0.05) is 19.3 Å². The fourth-order valence-corrected chi connectivity index (χ4v) is 1.79. The minimum Gasteiger partial charge on any atom is -0.356 e. The van der Waals surface area contributed by atoms with Gasteiger partial charge in [0.1, 0.15) is 5.82 Å². The SMILES string of the molecule is Cc1ccc(N2CC[C@@H](C)C2)nc1. The maximum absolute atomic E-state index is 4.42. The van der Waals surface area contributed by atoms with E-state index in [1.165, 1.54) is 12.0 Å². The number of aromatic nitrogens is 1. The molecule has 0 bridgehead atoms. The Hall–Kier alpha value is -1.05. The van der Waals surface area contributed by atoms with Crippen LogP contribution in [0, 0.1) is 12.8 Å². The highest BCUT2D eigenvalue weighted by molar-refractivity contribution is 5.40. The molecule has 2 heteroatoms. The second-order valence-electron chi connectivity index (χ2n) is 4.03. The molecule has 1 aromatic heterocycles. The Morgan fingerprint density at radius 3 is 2.85 bits per heavy atom. The number of hydrogen-bond donors (Lipinski definition) is 0. The van der Waals surface area contributed by atoms with Gasteiger partial charge in [-0.2, -0.15) is 0 Å². The molecule has 13 heavy (non-hydrogen) atoms. The molecule has 2 heterocycles. The molecule has 1 aliphatic heterocycles. The maximum Gasteiger partial charge on any atom is 0.128 e. The first-order valence-electron chi connectivity index (χ1n) is 4.93. The number of hydrogen-bond acceptors (Lipinski definition) is 2. The van der Waals surface area contributed by atoms with E-state index in [1.54, 1.807) is 0 Å². The standard InChI is InChI=1S/C11H16N2/c1-9-3-4-11(12-7-9)13-6-5-10(2)8-13/h3-4,7,10H,5-6,8H2,1-2H3/t10-/m1/s1. The lowest BCUT2D eigenvalue weighted by atomic mass is 10.2. The summed E-state index contributed by atoms with van der Waals surface area (Å²) in [4.78, 5) is 6.79. The summed E-state index contributed by atoms with van der Waals surface area (Å²) in [6, 6.07) is 4.25. The van der Waals surface area contributed by atoms with Crippen LogP contribution in [0.3, 0.4) is 0 Å². The number of rotatable bonds is 1. The minimum absolute atomic E-state index is 0.822. The lowest BCUT2D eigenvalue weighted by Gasteiger charge is -2.16. The normalized spacial score (nSPS) is 22.3. The van der Waals surface area contributed by atoms with Crippen LogP contribution in [0.2, 0.25) is 0 Å². The van der Waals surface area contributed by atoms with Gasteiger partial charge < -0.3 is 4.90 Å². The third kappa shape index (κ3) is 1.82. The predicted octanol–water partition coefficient (Wildman–Crippen LogP) is 2.24. The van der Waals surface area contributed by atoms with E-state index in [0.29, 0.717) is 0 Å². The molecule has 2 nitrogen and oxygen atoms in total. The third-order valence-corrected chi connectivity index (χ3v) is 2.64. The summed E-state index contributed by atoms with van der Waals surface area (Å²) >= 11 is 0. The molecule has 0 saturated carbocycles. The van der Waals surface area contributed by atoms with Crippen LogP contribution < -0.4 is 4.90 Å². The summed E-state index contributed by atoms with van der Waals surface area (Å²) in [6.07, 6.45) is 3.24. The van der Waals surface area contributed by atoms with E-state index in [-0.39, 0.29) is 0 Å². The van der Waals surface area contributed by atoms with Crippen molar-refractivity contribution < 1.29 is 0 Å². The van der Waals surface area contributed by atoms with Crippen molar-refractivity contribution in [1.29, 1.82) is 0 Å². The topological polar surface area (TPSA) is 16.1 Å². The van der Waals surface area contributed by atoms with Crippen LogP contribution in [0.1, 0.15) is 18.9 Å². The van der Waals surface area contributed by atoms with Crippen molar-refractivity contribution in [3.63, 3.8) is 0 Å². The molecule has 2 rings (SSSR count).